The van der Waals surface area contributed by atoms with Crippen molar-refractivity contribution in [1.29, 1.82) is 0 Å². The molecule has 2 unspecified atom stereocenters. The molecule has 2 aromatic rings. The minimum Gasteiger partial charge on any atom is -0.359 e. The summed E-state index contributed by atoms with van der Waals surface area (Å²) in [6, 6.07) is 16.9. The van der Waals surface area contributed by atoms with Crippen LogP contribution in [0.5, 0.6) is 0 Å². The minimum atomic E-state index is -0.460. The Bertz CT molecular complexity index is 676. The summed E-state index contributed by atoms with van der Waals surface area (Å²) in [6.07, 6.45) is 1.53. The summed E-state index contributed by atoms with van der Waals surface area (Å²) >= 11 is 4.62. The van der Waals surface area contributed by atoms with Crippen molar-refractivity contribution in [3.8, 4) is 0 Å². The van der Waals surface area contributed by atoms with Crippen LogP contribution in [0.4, 0.5) is 0 Å². The Morgan fingerprint density at radius 1 is 0.852 bits per heavy atom. The van der Waals surface area contributed by atoms with Crippen LogP contribution in [0.2, 0.25) is 0 Å². The molecular weight excluding hydrogens is 570 g/mol. The Labute approximate surface area is 189 Å². The van der Waals surface area contributed by atoms with E-state index in [-0.39, 0.29) is 19.7 Å². The van der Waals surface area contributed by atoms with Crippen LogP contribution in [0.1, 0.15) is 37.0 Å². The highest BCUT2D eigenvalue weighted by atomic mass is 127. The van der Waals surface area contributed by atoms with Gasteiger partial charge in [0.2, 0.25) is 0 Å². The van der Waals surface area contributed by atoms with Crippen molar-refractivity contribution >= 4 is 45.2 Å². The molecule has 0 saturated heterocycles. The molecule has 0 spiro atoms. The van der Waals surface area contributed by atoms with Crippen molar-refractivity contribution in [3.05, 3.63) is 66.8 Å². The maximum atomic E-state index is 6.10. The Kier molecular flexibility index (Phi) is 9.95. The smallest absolute Gasteiger partial charge is 0.147 e. The molecule has 0 aliphatic heterocycles. The van der Waals surface area contributed by atoms with Gasteiger partial charge in [-0.3, -0.25) is 0 Å². The van der Waals surface area contributed by atoms with Gasteiger partial charge in [0.15, 0.2) is 0 Å². The van der Waals surface area contributed by atoms with Crippen molar-refractivity contribution in [2.45, 2.75) is 31.5 Å². The molecule has 6 heteroatoms. The maximum absolute atomic E-state index is 6.10. The van der Waals surface area contributed by atoms with Gasteiger partial charge in [-0.2, -0.15) is 0 Å². The fourth-order valence-electron chi connectivity index (χ4n) is 2.87. The fraction of sp³-hybridized carbons (Fsp3) is 0.429. The van der Waals surface area contributed by atoms with Gasteiger partial charge < -0.3 is 18.9 Å². The lowest BCUT2D eigenvalue weighted by atomic mass is 9.88. The van der Waals surface area contributed by atoms with Crippen LogP contribution in [-0.4, -0.2) is 27.8 Å². The lowest BCUT2D eigenvalue weighted by Gasteiger charge is -2.32. The Balaban J connectivity index is 2.17. The second-order valence-corrected chi connectivity index (χ2v) is 8.93. The number of methoxy groups -OCH3 is 2. The average Bonchev–Trinajstić information content (AvgIpc) is 2.68. The number of benzene rings is 2. The number of hydrogen-bond donors (Lipinski definition) is 0. The van der Waals surface area contributed by atoms with Crippen molar-refractivity contribution in [2.75, 3.05) is 27.8 Å². The lowest BCUT2D eigenvalue weighted by Crippen LogP contribution is -2.28. The molecule has 2 atom stereocenters. The summed E-state index contributed by atoms with van der Waals surface area (Å²) in [5.74, 6) is 0. The molecule has 2 aromatic carbocycles. The van der Waals surface area contributed by atoms with Crippen LogP contribution in [0.3, 0.4) is 0 Å². The SMILES string of the molecule is COCOC(CCC(C)(OCOC)c1ccc(I)cc1)c1ccc(I)cc1. The van der Waals surface area contributed by atoms with Gasteiger partial charge in [0, 0.05) is 21.4 Å². The molecule has 2 rings (SSSR count). The van der Waals surface area contributed by atoms with Crippen LogP contribution >= 0.6 is 45.2 Å². The number of rotatable bonds is 11. The van der Waals surface area contributed by atoms with Gasteiger partial charge in [0.05, 0.1) is 11.7 Å². The van der Waals surface area contributed by atoms with E-state index in [1.165, 1.54) is 7.14 Å². The van der Waals surface area contributed by atoms with Gasteiger partial charge in [-0.25, -0.2) is 0 Å². The molecule has 0 radical (unpaired) electrons. The third-order valence-electron chi connectivity index (χ3n) is 4.46. The Morgan fingerprint density at radius 2 is 1.41 bits per heavy atom. The molecule has 0 amide bonds. The van der Waals surface area contributed by atoms with Gasteiger partial charge >= 0.3 is 0 Å². The molecule has 0 fully saturated rings. The van der Waals surface area contributed by atoms with Crippen LogP contribution in [0.15, 0.2) is 48.5 Å². The largest absolute Gasteiger partial charge is 0.359 e. The van der Waals surface area contributed by atoms with E-state index in [1.54, 1.807) is 14.2 Å². The van der Waals surface area contributed by atoms with E-state index in [2.05, 4.69) is 101 Å². The molecule has 4 nitrogen and oxygen atoms in total. The van der Waals surface area contributed by atoms with Gasteiger partial charge in [-0.15, -0.1) is 0 Å². The highest BCUT2D eigenvalue weighted by Crippen LogP contribution is 2.35. The predicted molar refractivity (Wildman–Crippen MR) is 124 cm³/mol. The summed E-state index contributed by atoms with van der Waals surface area (Å²) in [6.45, 7) is 2.61. The number of ether oxygens (including phenoxy) is 4. The monoisotopic (exact) mass is 596 g/mol. The first kappa shape index (κ1) is 23.0. The summed E-state index contributed by atoms with van der Waals surface area (Å²) in [5, 5.41) is 0. The van der Waals surface area contributed by atoms with Crippen LogP contribution < -0.4 is 0 Å². The third-order valence-corrected chi connectivity index (χ3v) is 5.90. The van der Waals surface area contributed by atoms with E-state index in [1.807, 2.05) is 0 Å². The van der Waals surface area contributed by atoms with Crippen LogP contribution in [0, 0.1) is 7.14 Å². The standard InChI is InChI=1S/C21H26I2O4/c1-21(27-15-25-3,17-6-10-19(23)11-7-17)13-12-20(26-14-24-2)16-4-8-18(22)9-5-16/h4-11,20H,12-15H2,1-3H3. The van der Waals surface area contributed by atoms with Crippen molar-refractivity contribution in [2.24, 2.45) is 0 Å². The second kappa shape index (κ2) is 11.7. The number of halogens is 2. The molecule has 27 heavy (non-hydrogen) atoms. The van der Waals surface area contributed by atoms with Gasteiger partial charge in [0.1, 0.15) is 13.6 Å². The maximum Gasteiger partial charge on any atom is 0.147 e. The summed E-state index contributed by atoms with van der Waals surface area (Å²) < 4.78 is 24.8. The zero-order valence-electron chi connectivity index (χ0n) is 15.9. The first-order chi connectivity index (χ1) is 13.0. The highest BCUT2D eigenvalue weighted by Gasteiger charge is 2.29. The zero-order chi connectivity index (χ0) is 19.7. The van der Waals surface area contributed by atoms with Gasteiger partial charge in [-0.05, 0) is 100 Å². The molecule has 0 aromatic heterocycles. The molecule has 0 bridgehead atoms. The normalized spacial score (nSPS) is 14.7. The van der Waals surface area contributed by atoms with Crippen molar-refractivity contribution in [3.63, 3.8) is 0 Å². The van der Waals surface area contributed by atoms with E-state index in [0.717, 1.165) is 24.0 Å². The molecule has 0 aliphatic rings. The molecule has 0 saturated carbocycles. The molecular formula is C21H26I2O4. The quantitative estimate of drug-likeness (QED) is 0.240. The van der Waals surface area contributed by atoms with E-state index in [9.17, 15) is 0 Å². The number of hydrogen-bond acceptors (Lipinski definition) is 4. The van der Waals surface area contributed by atoms with Crippen LogP contribution in [-0.2, 0) is 24.5 Å². The highest BCUT2D eigenvalue weighted by molar-refractivity contribution is 14.1. The van der Waals surface area contributed by atoms with Gasteiger partial charge in [-0.1, -0.05) is 24.3 Å². The fourth-order valence-corrected chi connectivity index (χ4v) is 3.59. The first-order valence-electron chi connectivity index (χ1n) is 8.73. The molecule has 148 valence electrons. The van der Waals surface area contributed by atoms with E-state index in [4.69, 9.17) is 18.9 Å². The van der Waals surface area contributed by atoms with Gasteiger partial charge in [0.25, 0.3) is 0 Å². The Hall–Kier alpha value is -0.260. The topological polar surface area (TPSA) is 36.9 Å². The molecule has 0 N–H and O–H groups in total. The summed E-state index contributed by atoms with van der Waals surface area (Å²) in [7, 11) is 3.28. The first-order valence-corrected chi connectivity index (χ1v) is 10.9. The molecule has 0 heterocycles. The van der Waals surface area contributed by atoms with E-state index >= 15 is 0 Å². The van der Waals surface area contributed by atoms with E-state index in [0.29, 0.717) is 0 Å². The van der Waals surface area contributed by atoms with E-state index < -0.39 is 5.60 Å². The second-order valence-electron chi connectivity index (χ2n) is 6.44. The lowest BCUT2D eigenvalue weighted by molar-refractivity contribution is -0.139. The van der Waals surface area contributed by atoms with Crippen molar-refractivity contribution < 1.29 is 18.9 Å². The minimum absolute atomic E-state index is 0.0590. The Morgan fingerprint density at radius 3 is 1.96 bits per heavy atom. The zero-order valence-corrected chi connectivity index (χ0v) is 20.2. The molecule has 0 aliphatic carbocycles. The van der Waals surface area contributed by atoms with Crippen molar-refractivity contribution in [1.82, 2.24) is 0 Å². The average molecular weight is 596 g/mol. The third kappa shape index (κ3) is 7.25. The van der Waals surface area contributed by atoms with Crippen LogP contribution in [0.25, 0.3) is 0 Å². The summed E-state index contributed by atoms with van der Waals surface area (Å²) in [5.41, 5.74) is 1.82. The summed E-state index contributed by atoms with van der Waals surface area (Å²) in [4.78, 5) is 0. The predicted octanol–water partition coefficient (Wildman–Crippen LogP) is 5.87.